The van der Waals surface area contributed by atoms with E-state index in [0.29, 0.717) is 0 Å². The average Bonchev–Trinajstić information content (AvgIpc) is 2.77. The Hall–Kier alpha value is -1.60. The van der Waals surface area contributed by atoms with Crippen LogP contribution in [0.5, 0.6) is 0 Å². The lowest BCUT2D eigenvalue weighted by Crippen LogP contribution is -1.77. The van der Waals surface area contributed by atoms with E-state index < -0.39 is 0 Å². The highest BCUT2D eigenvalue weighted by Crippen LogP contribution is 2.35. The van der Waals surface area contributed by atoms with Gasteiger partial charge in [0.05, 0.1) is 0 Å². The molecule has 3 radical (unpaired) electrons. The minimum Gasteiger partial charge on any atom is -0.103 e. The van der Waals surface area contributed by atoms with Crippen molar-refractivity contribution in [1.82, 2.24) is 0 Å². The maximum atomic E-state index is 3.43. The summed E-state index contributed by atoms with van der Waals surface area (Å²) >= 11 is 0. The Balaban J connectivity index is 0.000000239. The van der Waals surface area contributed by atoms with Crippen molar-refractivity contribution >= 4 is 10.2 Å². The minimum absolute atomic E-state index is 0.889. The number of allylic oxidation sites excluding steroid dienone is 1. The fourth-order valence-electron chi connectivity index (χ4n) is 2.08. The number of benzene rings is 2. The molecule has 0 saturated heterocycles. The SMILES string of the molecule is C=CC[Si].c1ccc2c(c1)Cc1ccccc1-2. The molecule has 0 spiro atoms. The summed E-state index contributed by atoms with van der Waals surface area (Å²) < 4.78 is 0. The summed E-state index contributed by atoms with van der Waals surface area (Å²) in [6.45, 7) is 3.43. The first kappa shape index (κ1) is 11.9. The Morgan fingerprint density at radius 3 is 1.76 bits per heavy atom. The molecule has 0 nitrogen and oxygen atoms in total. The van der Waals surface area contributed by atoms with Crippen LogP contribution in [0.2, 0.25) is 6.04 Å². The van der Waals surface area contributed by atoms with E-state index in [-0.39, 0.29) is 0 Å². The lowest BCUT2D eigenvalue weighted by atomic mass is 10.1. The van der Waals surface area contributed by atoms with Crippen molar-refractivity contribution in [2.24, 2.45) is 0 Å². The third kappa shape index (κ3) is 2.56. The second-order valence-electron chi connectivity index (χ2n) is 3.98. The zero-order chi connectivity index (χ0) is 12.1. The molecule has 0 N–H and O–H groups in total. The molecule has 0 aliphatic heterocycles. The third-order valence-corrected chi connectivity index (χ3v) is 3.14. The van der Waals surface area contributed by atoms with Crippen molar-refractivity contribution in [3.8, 4) is 11.1 Å². The van der Waals surface area contributed by atoms with Crippen molar-refractivity contribution in [1.29, 1.82) is 0 Å². The molecule has 2 aromatic rings. The van der Waals surface area contributed by atoms with Crippen LogP contribution in [-0.2, 0) is 6.42 Å². The maximum Gasteiger partial charge on any atom is 0.0275 e. The second-order valence-corrected chi connectivity index (χ2v) is 4.39. The van der Waals surface area contributed by atoms with Gasteiger partial charge in [0, 0.05) is 10.2 Å². The zero-order valence-electron chi connectivity index (χ0n) is 9.82. The summed E-state index contributed by atoms with van der Waals surface area (Å²) in [5, 5.41) is 0. The van der Waals surface area contributed by atoms with E-state index in [9.17, 15) is 0 Å². The highest BCUT2D eigenvalue weighted by atomic mass is 28.1. The molecule has 0 aromatic heterocycles. The van der Waals surface area contributed by atoms with Gasteiger partial charge in [-0.25, -0.2) is 0 Å². The van der Waals surface area contributed by atoms with E-state index in [1.165, 1.54) is 22.3 Å². The van der Waals surface area contributed by atoms with Gasteiger partial charge >= 0.3 is 0 Å². The van der Waals surface area contributed by atoms with E-state index >= 15 is 0 Å². The van der Waals surface area contributed by atoms with Gasteiger partial charge in [0.2, 0.25) is 0 Å². The van der Waals surface area contributed by atoms with Gasteiger partial charge in [-0.1, -0.05) is 54.6 Å². The Morgan fingerprint density at radius 1 is 0.941 bits per heavy atom. The molecular weight excluding hydrogens is 220 g/mol. The Kier molecular flexibility index (Phi) is 3.94. The lowest BCUT2D eigenvalue weighted by molar-refractivity contribution is 1.26. The van der Waals surface area contributed by atoms with Crippen LogP contribution >= 0.6 is 0 Å². The summed E-state index contributed by atoms with van der Waals surface area (Å²) in [7, 11) is 3.17. The van der Waals surface area contributed by atoms with Crippen LogP contribution in [-0.4, -0.2) is 10.2 Å². The monoisotopic (exact) mass is 235 g/mol. The van der Waals surface area contributed by atoms with Crippen LogP contribution < -0.4 is 0 Å². The van der Waals surface area contributed by atoms with Crippen molar-refractivity contribution in [3.63, 3.8) is 0 Å². The zero-order valence-corrected chi connectivity index (χ0v) is 10.8. The largest absolute Gasteiger partial charge is 0.103 e. The van der Waals surface area contributed by atoms with Gasteiger partial charge in [-0.05, 0) is 34.7 Å². The molecule has 17 heavy (non-hydrogen) atoms. The van der Waals surface area contributed by atoms with Gasteiger partial charge in [-0.3, -0.25) is 0 Å². The Bertz CT molecular complexity index is 471. The molecule has 0 bridgehead atoms. The molecule has 0 atom stereocenters. The fraction of sp³-hybridized carbons (Fsp3) is 0.125. The van der Waals surface area contributed by atoms with E-state index in [0.717, 1.165) is 12.5 Å². The van der Waals surface area contributed by atoms with Gasteiger partial charge in [-0.2, -0.15) is 0 Å². The molecule has 0 amide bonds. The Morgan fingerprint density at radius 2 is 1.35 bits per heavy atom. The van der Waals surface area contributed by atoms with E-state index in [1.54, 1.807) is 6.08 Å². The smallest absolute Gasteiger partial charge is 0.0275 e. The summed E-state index contributed by atoms with van der Waals surface area (Å²) in [4.78, 5) is 0. The molecule has 0 saturated carbocycles. The topological polar surface area (TPSA) is 0 Å². The van der Waals surface area contributed by atoms with Gasteiger partial charge < -0.3 is 0 Å². The summed E-state index contributed by atoms with van der Waals surface area (Å²) in [6.07, 6.45) is 2.89. The molecule has 83 valence electrons. The fourth-order valence-corrected chi connectivity index (χ4v) is 2.08. The van der Waals surface area contributed by atoms with Gasteiger partial charge in [-0.15, -0.1) is 6.58 Å². The third-order valence-electron chi connectivity index (χ3n) is 2.85. The first-order valence-electron chi connectivity index (χ1n) is 5.78. The van der Waals surface area contributed by atoms with E-state index in [2.05, 4.69) is 65.4 Å². The lowest BCUT2D eigenvalue weighted by Gasteiger charge is -1.98. The highest BCUT2D eigenvalue weighted by Gasteiger charge is 2.15. The molecule has 1 aliphatic carbocycles. The molecule has 2 aromatic carbocycles. The van der Waals surface area contributed by atoms with Gasteiger partial charge in [0.1, 0.15) is 0 Å². The first-order valence-corrected chi connectivity index (χ1v) is 6.49. The summed E-state index contributed by atoms with van der Waals surface area (Å²) in [6, 6.07) is 18.2. The molecule has 1 aliphatic rings. The number of hydrogen-bond donors (Lipinski definition) is 0. The summed E-state index contributed by atoms with van der Waals surface area (Å²) in [5.74, 6) is 0. The van der Waals surface area contributed by atoms with Crippen LogP contribution in [0.25, 0.3) is 11.1 Å². The van der Waals surface area contributed by atoms with Crippen molar-refractivity contribution in [2.45, 2.75) is 12.5 Å². The van der Waals surface area contributed by atoms with Crippen LogP contribution in [0.15, 0.2) is 61.2 Å². The van der Waals surface area contributed by atoms with Gasteiger partial charge in [0.15, 0.2) is 0 Å². The van der Waals surface area contributed by atoms with Crippen LogP contribution in [0, 0.1) is 0 Å². The molecule has 0 heterocycles. The molecular formula is C16H15Si. The van der Waals surface area contributed by atoms with Crippen LogP contribution in [0.4, 0.5) is 0 Å². The Labute approximate surface area is 106 Å². The van der Waals surface area contributed by atoms with E-state index in [4.69, 9.17) is 0 Å². The quantitative estimate of drug-likeness (QED) is 0.441. The standard InChI is InChI=1S/C13H10.C3H5Si/c1-3-7-12-10(5-1)9-11-6-2-4-8-13(11)12;1-2-3-4/h1-8H,9H2;2H,1,3H2. The van der Waals surface area contributed by atoms with E-state index in [1.807, 2.05) is 0 Å². The number of hydrogen-bond acceptors (Lipinski definition) is 0. The average molecular weight is 235 g/mol. The molecule has 0 unspecified atom stereocenters. The maximum absolute atomic E-state index is 3.43. The van der Waals surface area contributed by atoms with Crippen molar-refractivity contribution in [3.05, 3.63) is 72.3 Å². The molecule has 3 rings (SSSR count). The molecule has 0 fully saturated rings. The van der Waals surface area contributed by atoms with Crippen LogP contribution in [0.1, 0.15) is 11.1 Å². The predicted octanol–water partition coefficient (Wildman–Crippen LogP) is 4.02. The van der Waals surface area contributed by atoms with Crippen molar-refractivity contribution in [2.75, 3.05) is 0 Å². The molecule has 1 heteroatoms. The first-order chi connectivity index (χ1) is 8.36. The normalized spacial score (nSPS) is 10.9. The highest BCUT2D eigenvalue weighted by molar-refractivity contribution is 6.09. The summed E-state index contributed by atoms with van der Waals surface area (Å²) in [5.41, 5.74) is 5.75. The van der Waals surface area contributed by atoms with Crippen molar-refractivity contribution < 1.29 is 0 Å². The van der Waals surface area contributed by atoms with Crippen LogP contribution in [0.3, 0.4) is 0 Å². The number of fused-ring (bicyclic) bond motifs is 3. The predicted molar refractivity (Wildman–Crippen MR) is 75.4 cm³/mol. The second kappa shape index (κ2) is 5.64. The number of rotatable bonds is 1. The minimum atomic E-state index is 0.889. The van der Waals surface area contributed by atoms with Gasteiger partial charge in [0.25, 0.3) is 0 Å².